The lowest BCUT2D eigenvalue weighted by molar-refractivity contribution is -0.142. The Kier molecular flexibility index (Phi) is 8.67. The number of carbonyl (C=O) groups is 1. The van der Waals surface area contributed by atoms with Crippen LogP contribution >= 0.6 is 0 Å². The third-order valence-electron chi connectivity index (χ3n) is 5.09. The maximum absolute atomic E-state index is 11.6. The zero-order valence-electron chi connectivity index (χ0n) is 14.2. The molecule has 22 heavy (non-hydrogen) atoms. The average Bonchev–Trinajstić information content (AvgIpc) is 3.20. The second-order valence-corrected chi connectivity index (χ2v) is 7.26. The Morgan fingerprint density at radius 2 is 1.59 bits per heavy atom. The number of hydrogen-bond donors (Lipinski definition) is 0. The first-order valence-corrected chi connectivity index (χ1v) is 9.67. The molecular formula is C20H34O2. The number of ether oxygens (including phenoxy) is 1. The molecule has 0 saturated heterocycles. The van der Waals surface area contributed by atoms with Crippen LogP contribution in [0, 0.1) is 11.8 Å². The summed E-state index contributed by atoms with van der Waals surface area (Å²) in [5, 5.41) is 0. The number of carbonyl (C=O) groups excluding carboxylic acids is 1. The highest BCUT2D eigenvalue weighted by molar-refractivity contribution is 5.69. The summed E-state index contributed by atoms with van der Waals surface area (Å²) in [7, 11) is 0. The van der Waals surface area contributed by atoms with Crippen LogP contribution in [0.1, 0.15) is 89.9 Å². The first-order valence-electron chi connectivity index (χ1n) is 9.67. The van der Waals surface area contributed by atoms with E-state index < -0.39 is 0 Å². The molecule has 0 aromatic carbocycles. The minimum absolute atomic E-state index is 0.0233. The molecule has 0 aliphatic heterocycles. The number of unbranched alkanes of at least 4 members (excludes halogenated alkanes) is 5. The molecule has 0 atom stereocenters. The molecule has 2 aliphatic carbocycles. The Hall–Kier alpha value is -0.790. The van der Waals surface area contributed by atoms with E-state index >= 15 is 0 Å². The van der Waals surface area contributed by atoms with E-state index in [1.54, 1.807) is 0 Å². The fourth-order valence-electron chi connectivity index (χ4n) is 3.43. The molecule has 0 aromatic heterocycles. The standard InChI is InChI=1S/C20H34O2/c21-20(22-17-9-13-18-11-7-8-12-18)14-6-4-2-1-3-5-10-19-15-16-19/h9,13,18-19H,1-8,10-12,14-17H2. The highest BCUT2D eigenvalue weighted by Gasteiger charge is 2.19. The molecule has 2 fully saturated rings. The second-order valence-electron chi connectivity index (χ2n) is 7.26. The van der Waals surface area contributed by atoms with Crippen LogP contribution in [0.5, 0.6) is 0 Å². The molecular weight excluding hydrogens is 272 g/mol. The Labute approximate surface area is 136 Å². The van der Waals surface area contributed by atoms with Crippen LogP contribution in [0.4, 0.5) is 0 Å². The number of rotatable bonds is 12. The molecule has 126 valence electrons. The van der Waals surface area contributed by atoms with E-state index in [2.05, 4.69) is 6.08 Å². The van der Waals surface area contributed by atoms with E-state index in [0.29, 0.717) is 13.0 Å². The lowest BCUT2D eigenvalue weighted by Gasteiger charge is -2.04. The van der Waals surface area contributed by atoms with E-state index in [1.165, 1.54) is 77.0 Å². The summed E-state index contributed by atoms with van der Waals surface area (Å²) >= 11 is 0. The normalized spacial score (nSPS) is 19.1. The van der Waals surface area contributed by atoms with Gasteiger partial charge in [-0.25, -0.2) is 0 Å². The van der Waals surface area contributed by atoms with Crippen LogP contribution in [0.2, 0.25) is 0 Å². The summed E-state index contributed by atoms with van der Waals surface area (Å²) in [6.07, 6.45) is 22.2. The Balaban J connectivity index is 1.32. The minimum atomic E-state index is -0.0233. The molecule has 2 saturated carbocycles. The van der Waals surface area contributed by atoms with Gasteiger partial charge < -0.3 is 4.74 Å². The van der Waals surface area contributed by atoms with Crippen molar-refractivity contribution in [3.05, 3.63) is 12.2 Å². The third-order valence-corrected chi connectivity index (χ3v) is 5.09. The summed E-state index contributed by atoms with van der Waals surface area (Å²) < 4.78 is 5.25. The molecule has 0 spiro atoms. The highest BCUT2D eigenvalue weighted by Crippen LogP contribution is 2.34. The first-order chi connectivity index (χ1) is 10.8. The van der Waals surface area contributed by atoms with Crippen molar-refractivity contribution in [2.45, 2.75) is 89.9 Å². The zero-order valence-corrected chi connectivity index (χ0v) is 14.2. The molecule has 0 radical (unpaired) electrons. The largest absolute Gasteiger partial charge is 0.461 e. The zero-order chi connectivity index (χ0) is 15.5. The predicted octanol–water partition coefficient (Wildman–Crippen LogP) is 5.81. The molecule has 2 rings (SSSR count). The van der Waals surface area contributed by atoms with Gasteiger partial charge >= 0.3 is 5.97 Å². The fourth-order valence-corrected chi connectivity index (χ4v) is 3.43. The highest BCUT2D eigenvalue weighted by atomic mass is 16.5. The van der Waals surface area contributed by atoms with Crippen LogP contribution < -0.4 is 0 Å². The van der Waals surface area contributed by atoms with Crippen molar-refractivity contribution < 1.29 is 9.53 Å². The SMILES string of the molecule is O=C(CCCCCCCCC1CC1)OCC=CC1CCCC1. The number of esters is 1. The average molecular weight is 306 g/mol. The Morgan fingerprint density at radius 3 is 2.32 bits per heavy atom. The van der Waals surface area contributed by atoms with Gasteiger partial charge in [0.15, 0.2) is 0 Å². The van der Waals surface area contributed by atoms with E-state index in [4.69, 9.17) is 4.74 Å². The van der Waals surface area contributed by atoms with Gasteiger partial charge in [-0.15, -0.1) is 0 Å². The molecule has 0 unspecified atom stereocenters. The lowest BCUT2D eigenvalue weighted by Crippen LogP contribution is -2.04. The Morgan fingerprint density at radius 1 is 0.909 bits per heavy atom. The molecule has 0 N–H and O–H groups in total. The second kappa shape index (κ2) is 10.9. The maximum atomic E-state index is 11.6. The quantitative estimate of drug-likeness (QED) is 0.258. The summed E-state index contributed by atoms with van der Waals surface area (Å²) in [6, 6.07) is 0. The molecule has 2 nitrogen and oxygen atoms in total. The van der Waals surface area contributed by atoms with Crippen molar-refractivity contribution in [2.24, 2.45) is 11.8 Å². The van der Waals surface area contributed by atoms with Gasteiger partial charge in [-0.1, -0.05) is 76.4 Å². The van der Waals surface area contributed by atoms with E-state index in [1.807, 2.05) is 6.08 Å². The van der Waals surface area contributed by atoms with Crippen molar-refractivity contribution in [1.82, 2.24) is 0 Å². The first kappa shape index (κ1) is 17.6. The van der Waals surface area contributed by atoms with Crippen molar-refractivity contribution in [1.29, 1.82) is 0 Å². The Bertz CT molecular complexity index is 325. The fraction of sp³-hybridized carbons (Fsp3) is 0.850. The summed E-state index contributed by atoms with van der Waals surface area (Å²) in [5.74, 6) is 1.79. The minimum Gasteiger partial charge on any atom is -0.461 e. The van der Waals surface area contributed by atoms with Gasteiger partial charge in [0.05, 0.1) is 0 Å². The van der Waals surface area contributed by atoms with E-state index in [9.17, 15) is 4.79 Å². The van der Waals surface area contributed by atoms with Crippen molar-refractivity contribution in [2.75, 3.05) is 6.61 Å². The number of hydrogen-bond acceptors (Lipinski definition) is 2. The molecule has 0 amide bonds. The number of allylic oxidation sites excluding steroid dienone is 1. The third kappa shape index (κ3) is 8.60. The lowest BCUT2D eigenvalue weighted by atomic mass is 10.1. The van der Waals surface area contributed by atoms with Crippen molar-refractivity contribution >= 4 is 5.97 Å². The van der Waals surface area contributed by atoms with Crippen LogP contribution in [0.25, 0.3) is 0 Å². The van der Waals surface area contributed by atoms with Crippen molar-refractivity contribution in [3.63, 3.8) is 0 Å². The van der Waals surface area contributed by atoms with Gasteiger partial charge in [0.1, 0.15) is 6.61 Å². The van der Waals surface area contributed by atoms with Crippen LogP contribution in [-0.2, 0) is 9.53 Å². The molecule has 0 bridgehead atoms. The predicted molar refractivity (Wildman–Crippen MR) is 91.7 cm³/mol. The maximum Gasteiger partial charge on any atom is 0.306 e. The summed E-state index contributed by atoms with van der Waals surface area (Å²) in [4.78, 5) is 11.6. The molecule has 2 heteroatoms. The topological polar surface area (TPSA) is 26.3 Å². The van der Waals surface area contributed by atoms with Crippen LogP contribution in [-0.4, -0.2) is 12.6 Å². The van der Waals surface area contributed by atoms with Gasteiger partial charge in [0.25, 0.3) is 0 Å². The van der Waals surface area contributed by atoms with E-state index in [0.717, 1.165) is 18.3 Å². The molecule has 2 aliphatic rings. The monoisotopic (exact) mass is 306 g/mol. The van der Waals surface area contributed by atoms with Crippen LogP contribution in [0.3, 0.4) is 0 Å². The van der Waals surface area contributed by atoms with Crippen molar-refractivity contribution in [3.8, 4) is 0 Å². The molecule has 0 aromatic rings. The van der Waals surface area contributed by atoms with Gasteiger partial charge in [0, 0.05) is 6.42 Å². The summed E-state index contributed by atoms with van der Waals surface area (Å²) in [6.45, 7) is 0.469. The van der Waals surface area contributed by atoms with Gasteiger partial charge in [0.2, 0.25) is 0 Å². The van der Waals surface area contributed by atoms with Gasteiger partial charge in [-0.05, 0) is 31.1 Å². The molecule has 0 heterocycles. The van der Waals surface area contributed by atoms with Crippen LogP contribution in [0.15, 0.2) is 12.2 Å². The van der Waals surface area contributed by atoms with Gasteiger partial charge in [-0.3, -0.25) is 4.79 Å². The summed E-state index contributed by atoms with van der Waals surface area (Å²) in [5.41, 5.74) is 0. The van der Waals surface area contributed by atoms with Gasteiger partial charge in [-0.2, -0.15) is 0 Å². The smallest absolute Gasteiger partial charge is 0.306 e. The van der Waals surface area contributed by atoms with E-state index in [-0.39, 0.29) is 5.97 Å².